The van der Waals surface area contributed by atoms with E-state index in [9.17, 15) is 9.18 Å². The number of halogens is 1. The second-order valence-corrected chi connectivity index (χ2v) is 3.95. The molecule has 20 heavy (non-hydrogen) atoms. The zero-order valence-electron chi connectivity index (χ0n) is 10.6. The molecule has 1 aromatic heterocycles. The van der Waals surface area contributed by atoms with E-state index in [4.69, 9.17) is 9.68 Å². The van der Waals surface area contributed by atoms with Crippen molar-refractivity contribution < 1.29 is 18.3 Å². The summed E-state index contributed by atoms with van der Waals surface area (Å²) in [5.74, 6) is -0.553. The van der Waals surface area contributed by atoms with Crippen LogP contribution in [0.2, 0.25) is 0 Å². The van der Waals surface area contributed by atoms with Gasteiger partial charge < -0.3 is 14.5 Å². The molecule has 0 aliphatic heterocycles. The summed E-state index contributed by atoms with van der Waals surface area (Å²) in [6.07, 6.45) is 1.28. The summed E-state index contributed by atoms with van der Waals surface area (Å²) in [6.45, 7) is 0.208. The fourth-order valence-corrected chi connectivity index (χ4v) is 1.61. The van der Waals surface area contributed by atoms with Gasteiger partial charge >= 0.3 is 5.97 Å². The number of nitrogens with one attached hydrogen (secondary N) is 1. The number of nitriles is 1. The quantitative estimate of drug-likeness (QED) is 0.867. The third-order valence-corrected chi connectivity index (χ3v) is 2.63. The van der Waals surface area contributed by atoms with Gasteiger partial charge in [0.15, 0.2) is 0 Å². The first-order valence-corrected chi connectivity index (χ1v) is 5.73. The molecule has 0 fully saturated rings. The van der Waals surface area contributed by atoms with E-state index >= 15 is 0 Å². The van der Waals surface area contributed by atoms with Gasteiger partial charge in [-0.1, -0.05) is 0 Å². The van der Waals surface area contributed by atoms with Crippen LogP contribution in [0.3, 0.4) is 0 Å². The van der Waals surface area contributed by atoms with Crippen molar-refractivity contribution in [3.63, 3.8) is 0 Å². The van der Waals surface area contributed by atoms with E-state index in [1.165, 1.54) is 31.6 Å². The molecular weight excluding hydrogens is 263 g/mol. The number of rotatable bonds is 4. The Morgan fingerprint density at radius 2 is 2.30 bits per heavy atom. The molecule has 0 saturated heterocycles. The Morgan fingerprint density at radius 3 is 2.95 bits per heavy atom. The number of carbonyl (C=O) groups excluding carboxylic acids is 1. The largest absolute Gasteiger partial charge is 0.467 e. The molecule has 0 spiro atoms. The number of benzene rings is 1. The molecule has 1 aromatic carbocycles. The van der Waals surface area contributed by atoms with E-state index < -0.39 is 11.8 Å². The van der Waals surface area contributed by atoms with Crippen LogP contribution in [0.15, 0.2) is 34.9 Å². The molecule has 0 aliphatic carbocycles. The molecule has 2 aromatic rings. The van der Waals surface area contributed by atoms with E-state index in [-0.39, 0.29) is 17.8 Å². The molecule has 0 unspecified atom stereocenters. The monoisotopic (exact) mass is 274 g/mol. The highest BCUT2D eigenvalue weighted by atomic mass is 19.1. The molecule has 0 aliphatic rings. The second kappa shape index (κ2) is 5.89. The number of nitrogens with zero attached hydrogens (tertiary/aromatic N) is 1. The average molecular weight is 274 g/mol. The van der Waals surface area contributed by atoms with Crippen LogP contribution in [0.1, 0.15) is 21.7 Å². The predicted octanol–water partition coefficient (Wildman–Crippen LogP) is 2.69. The van der Waals surface area contributed by atoms with Crippen molar-refractivity contribution in [2.24, 2.45) is 0 Å². The Kier molecular flexibility index (Phi) is 4.01. The zero-order valence-corrected chi connectivity index (χ0v) is 10.6. The summed E-state index contributed by atoms with van der Waals surface area (Å²) in [6, 6.07) is 7.49. The van der Waals surface area contributed by atoms with Crippen LogP contribution >= 0.6 is 0 Å². The number of ether oxygens (including phenoxy) is 1. The lowest BCUT2D eigenvalue weighted by Crippen LogP contribution is -2.01. The van der Waals surface area contributed by atoms with Crippen molar-refractivity contribution in [1.82, 2.24) is 0 Å². The number of methoxy groups -OCH3 is 1. The molecule has 2 rings (SSSR count). The first-order chi connectivity index (χ1) is 9.63. The van der Waals surface area contributed by atoms with Gasteiger partial charge in [0.05, 0.1) is 36.5 Å². The van der Waals surface area contributed by atoms with Crippen molar-refractivity contribution in [2.75, 3.05) is 12.4 Å². The molecule has 102 valence electrons. The van der Waals surface area contributed by atoms with Crippen molar-refractivity contribution in [3.05, 3.63) is 53.2 Å². The Bertz CT molecular complexity index is 673. The fraction of sp³-hybridized carbons (Fsp3) is 0.143. The summed E-state index contributed by atoms with van der Waals surface area (Å²) >= 11 is 0. The maximum atomic E-state index is 13.6. The number of hydrogen-bond acceptors (Lipinski definition) is 5. The molecule has 1 heterocycles. The summed E-state index contributed by atoms with van der Waals surface area (Å²) < 4.78 is 23.3. The maximum absolute atomic E-state index is 13.6. The minimum atomic E-state index is -0.524. The fourth-order valence-electron chi connectivity index (χ4n) is 1.61. The molecular formula is C14H11FN2O3. The molecule has 1 N–H and O–H groups in total. The number of anilines is 1. The Labute approximate surface area is 114 Å². The van der Waals surface area contributed by atoms with Crippen molar-refractivity contribution in [2.45, 2.75) is 6.54 Å². The first-order valence-electron chi connectivity index (χ1n) is 5.73. The van der Waals surface area contributed by atoms with Gasteiger partial charge in [-0.15, -0.1) is 0 Å². The summed E-state index contributed by atoms with van der Waals surface area (Å²) in [7, 11) is 1.28. The van der Waals surface area contributed by atoms with Crippen molar-refractivity contribution in [3.8, 4) is 6.07 Å². The van der Waals surface area contributed by atoms with Gasteiger partial charge in [-0.05, 0) is 24.3 Å². The minimum absolute atomic E-state index is 0.208. The van der Waals surface area contributed by atoms with Crippen molar-refractivity contribution in [1.29, 1.82) is 5.26 Å². The number of carbonyl (C=O) groups is 1. The Balaban J connectivity index is 2.04. The minimum Gasteiger partial charge on any atom is -0.467 e. The van der Waals surface area contributed by atoms with Gasteiger partial charge in [0.1, 0.15) is 17.8 Å². The van der Waals surface area contributed by atoms with Gasteiger partial charge in [-0.25, -0.2) is 9.18 Å². The van der Waals surface area contributed by atoms with Crippen LogP contribution in [-0.2, 0) is 11.3 Å². The number of furan rings is 1. The topological polar surface area (TPSA) is 75.3 Å². The summed E-state index contributed by atoms with van der Waals surface area (Å²) in [4.78, 5) is 11.2. The lowest BCUT2D eigenvalue weighted by molar-refractivity contribution is 0.0600. The molecule has 5 nitrogen and oxygen atoms in total. The highest BCUT2D eigenvalue weighted by Gasteiger charge is 2.10. The highest BCUT2D eigenvalue weighted by molar-refractivity contribution is 5.88. The van der Waals surface area contributed by atoms with Crippen LogP contribution in [0.5, 0.6) is 0 Å². The Hall–Kier alpha value is -2.81. The van der Waals surface area contributed by atoms with E-state index in [1.807, 2.05) is 6.07 Å². The predicted molar refractivity (Wildman–Crippen MR) is 68.5 cm³/mol. The molecule has 0 atom stereocenters. The van der Waals surface area contributed by atoms with E-state index in [1.54, 1.807) is 0 Å². The number of esters is 1. The number of hydrogen-bond donors (Lipinski definition) is 1. The zero-order chi connectivity index (χ0) is 14.5. The first kappa shape index (κ1) is 13.6. The van der Waals surface area contributed by atoms with E-state index in [0.717, 1.165) is 6.07 Å². The molecule has 0 radical (unpaired) electrons. The van der Waals surface area contributed by atoms with Gasteiger partial charge in [-0.3, -0.25) is 0 Å². The van der Waals surface area contributed by atoms with Gasteiger partial charge in [0.2, 0.25) is 0 Å². The van der Waals surface area contributed by atoms with Crippen LogP contribution in [-0.4, -0.2) is 13.1 Å². The third-order valence-electron chi connectivity index (χ3n) is 2.63. The second-order valence-electron chi connectivity index (χ2n) is 3.95. The van der Waals surface area contributed by atoms with Gasteiger partial charge in [0.25, 0.3) is 0 Å². The molecule has 6 heteroatoms. The third kappa shape index (κ3) is 2.95. The Morgan fingerprint density at radius 1 is 1.50 bits per heavy atom. The van der Waals surface area contributed by atoms with Gasteiger partial charge in [0, 0.05) is 0 Å². The molecule has 0 bridgehead atoms. The summed E-state index contributed by atoms with van der Waals surface area (Å²) in [5, 5.41) is 11.5. The van der Waals surface area contributed by atoms with E-state index in [2.05, 4.69) is 10.1 Å². The molecule has 0 amide bonds. The molecule has 0 saturated carbocycles. The van der Waals surface area contributed by atoms with Crippen LogP contribution in [0.25, 0.3) is 0 Å². The lowest BCUT2D eigenvalue weighted by Gasteiger charge is -2.05. The highest BCUT2D eigenvalue weighted by Crippen LogP contribution is 2.17. The SMILES string of the molecule is COC(=O)c1coc(CNc2ccc(C#N)cc2F)c1. The van der Waals surface area contributed by atoms with Crippen LogP contribution < -0.4 is 5.32 Å². The van der Waals surface area contributed by atoms with Crippen molar-refractivity contribution >= 4 is 11.7 Å². The van der Waals surface area contributed by atoms with Crippen LogP contribution in [0.4, 0.5) is 10.1 Å². The standard InChI is InChI=1S/C14H11FN2O3/c1-19-14(18)10-5-11(20-8-10)7-17-13-3-2-9(6-16)4-12(13)15/h2-5,8,17H,7H2,1H3. The lowest BCUT2D eigenvalue weighted by atomic mass is 10.2. The summed E-state index contributed by atoms with van der Waals surface area (Å²) in [5.41, 5.74) is 0.795. The smallest absolute Gasteiger partial charge is 0.341 e. The average Bonchev–Trinajstić information content (AvgIpc) is 2.94. The maximum Gasteiger partial charge on any atom is 0.341 e. The normalized spacial score (nSPS) is 9.85. The van der Waals surface area contributed by atoms with E-state index in [0.29, 0.717) is 11.3 Å². The van der Waals surface area contributed by atoms with Gasteiger partial charge in [-0.2, -0.15) is 5.26 Å². The van der Waals surface area contributed by atoms with Crippen LogP contribution in [0, 0.1) is 17.1 Å².